The van der Waals surface area contributed by atoms with Crippen LogP contribution in [0.15, 0.2) is 24.3 Å². The number of nitrogens with zero attached hydrogens (tertiary/aromatic N) is 1. The Balaban J connectivity index is 1.89. The van der Waals surface area contributed by atoms with Crippen LogP contribution in [0.2, 0.25) is 0 Å². The predicted octanol–water partition coefficient (Wildman–Crippen LogP) is 3.66. The molecular formula is C17H22N2. The van der Waals surface area contributed by atoms with Gasteiger partial charge in [-0.05, 0) is 43.2 Å². The molecule has 2 heteroatoms. The molecule has 1 aromatic carbocycles. The second-order valence-corrected chi connectivity index (χ2v) is 6.01. The first kappa shape index (κ1) is 12.7. The van der Waals surface area contributed by atoms with Gasteiger partial charge in [-0.1, -0.05) is 43.5 Å². The highest BCUT2D eigenvalue weighted by Crippen LogP contribution is 2.36. The molecule has 1 atom stereocenters. The molecule has 1 unspecified atom stereocenters. The van der Waals surface area contributed by atoms with E-state index in [1.54, 1.807) is 0 Å². The van der Waals surface area contributed by atoms with E-state index in [9.17, 15) is 5.26 Å². The fourth-order valence-electron chi connectivity index (χ4n) is 3.73. The number of aryl methyl sites for hydroxylation is 1. The molecule has 0 aromatic heterocycles. The molecule has 0 aliphatic heterocycles. The average molecular weight is 254 g/mol. The lowest BCUT2D eigenvalue weighted by Crippen LogP contribution is -2.49. The summed E-state index contributed by atoms with van der Waals surface area (Å²) in [5.74, 6) is 0. The molecule has 1 fully saturated rings. The Morgan fingerprint density at radius 2 is 1.89 bits per heavy atom. The van der Waals surface area contributed by atoms with E-state index in [0.717, 1.165) is 19.3 Å². The third kappa shape index (κ3) is 2.40. The SMILES string of the molecule is N#CC1(NC2CCCCC2)CCCc2ccccc21. The maximum absolute atomic E-state index is 9.81. The van der Waals surface area contributed by atoms with Crippen LogP contribution >= 0.6 is 0 Å². The molecular weight excluding hydrogens is 232 g/mol. The first-order valence-corrected chi connectivity index (χ1v) is 7.61. The summed E-state index contributed by atoms with van der Waals surface area (Å²) in [6.07, 6.45) is 9.61. The highest BCUT2D eigenvalue weighted by atomic mass is 15.0. The van der Waals surface area contributed by atoms with E-state index < -0.39 is 5.54 Å². The molecule has 0 amide bonds. The van der Waals surface area contributed by atoms with Gasteiger partial charge < -0.3 is 0 Å². The van der Waals surface area contributed by atoms with Crippen molar-refractivity contribution in [1.29, 1.82) is 5.26 Å². The minimum absolute atomic E-state index is 0.434. The quantitative estimate of drug-likeness (QED) is 0.874. The molecule has 1 saturated carbocycles. The molecule has 2 aliphatic carbocycles. The fraction of sp³-hybridized carbons (Fsp3) is 0.588. The van der Waals surface area contributed by atoms with Gasteiger partial charge in [0.05, 0.1) is 6.07 Å². The minimum Gasteiger partial charge on any atom is -0.293 e. The maximum Gasteiger partial charge on any atom is 0.132 e. The minimum atomic E-state index is -0.434. The van der Waals surface area contributed by atoms with Crippen molar-refractivity contribution in [2.75, 3.05) is 0 Å². The highest BCUT2D eigenvalue weighted by molar-refractivity contribution is 5.40. The van der Waals surface area contributed by atoms with Crippen LogP contribution in [0.25, 0.3) is 0 Å². The van der Waals surface area contributed by atoms with Gasteiger partial charge in [0.15, 0.2) is 0 Å². The summed E-state index contributed by atoms with van der Waals surface area (Å²) in [4.78, 5) is 0. The number of hydrogen-bond donors (Lipinski definition) is 1. The van der Waals surface area contributed by atoms with Crippen molar-refractivity contribution >= 4 is 0 Å². The summed E-state index contributed by atoms with van der Waals surface area (Å²) < 4.78 is 0. The Bertz CT molecular complexity index is 482. The molecule has 1 N–H and O–H groups in total. The fourth-order valence-corrected chi connectivity index (χ4v) is 3.73. The third-order valence-electron chi connectivity index (χ3n) is 4.72. The Hall–Kier alpha value is -1.33. The van der Waals surface area contributed by atoms with E-state index in [1.807, 2.05) is 0 Å². The van der Waals surface area contributed by atoms with E-state index in [1.165, 1.54) is 43.2 Å². The lowest BCUT2D eigenvalue weighted by atomic mass is 9.76. The maximum atomic E-state index is 9.81. The summed E-state index contributed by atoms with van der Waals surface area (Å²) in [5, 5.41) is 13.5. The van der Waals surface area contributed by atoms with Gasteiger partial charge in [0.25, 0.3) is 0 Å². The lowest BCUT2D eigenvalue weighted by molar-refractivity contribution is 0.272. The normalized spacial score (nSPS) is 27.5. The average Bonchev–Trinajstić information content (AvgIpc) is 2.49. The van der Waals surface area contributed by atoms with Crippen LogP contribution in [0.1, 0.15) is 56.1 Å². The van der Waals surface area contributed by atoms with E-state index >= 15 is 0 Å². The van der Waals surface area contributed by atoms with Crippen molar-refractivity contribution in [1.82, 2.24) is 5.32 Å². The number of benzene rings is 1. The van der Waals surface area contributed by atoms with Crippen molar-refractivity contribution in [3.63, 3.8) is 0 Å². The Morgan fingerprint density at radius 3 is 2.68 bits per heavy atom. The number of nitriles is 1. The van der Waals surface area contributed by atoms with Crippen LogP contribution < -0.4 is 5.32 Å². The molecule has 2 nitrogen and oxygen atoms in total. The van der Waals surface area contributed by atoms with Gasteiger partial charge >= 0.3 is 0 Å². The van der Waals surface area contributed by atoms with Crippen molar-refractivity contribution in [3.05, 3.63) is 35.4 Å². The van der Waals surface area contributed by atoms with Crippen molar-refractivity contribution in [2.24, 2.45) is 0 Å². The van der Waals surface area contributed by atoms with Gasteiger partial charge in [-0.15, -0.1) is 0 Å². The van der Waals surface area contributed by atoms with Crippen LogP contribution in [0.4, 0.5) is 0 Å². The standard InChI is InChI=1S/C17H22N2/c18-13-17(19-15-9-2-1-3-10-15)12-6-8-14-7-4-5-11-16(14)17/h4-5,7,11,15,19H,1-3,6,8-10,12H2. The van der Waals surface area contributed by atoms with Crippen LogP contribution in [0.3, 0.4) is 0 Å². The smallest absolute Gasteiger partial charge is 0.132 e. The number of nitrogens with one attached hydrogen (secondary N) is 1. The van der Waals surface area contributed by atoms with Gasteiger partial charge in [-0.2, -0.15) is 5.26 Å². The summed E-state index contributed by atoms with van der Waals surface area (Å²) in [6, 6.07) is 11.6. The molecule has 0 heterocycles. The molecule has 19 heavy (non-hydrogen) atoms. The summed E-state index contributed by atoms with van der Waals surface area (Å²) >= 11 is 0. The van der Waals surface area contributed by atoms with E-state index in [2.05, 4.69) is 35.7 Å². The number of hydrogen-bond acceptors (Lipinski definition) is 2. The van der Waals surface area contributed by atoms with Crippen LogP contribution in [0.5, 0.6) is 0 Å². The van der Waals surface area contributed by atoms with Crippen molar-refractivity contribution in [2.45, 2.75) is 62.9 Å². The van der Waals surface area contributed by atoms with Crippen molar-refractivity contribution in [3.8, 4) is 6.07 Å². The zero-order valence-corrected chi connectivity index (χ0v) is 11.5. The monoisotopic (exact) mass is 254 g/mol. The van der Waals surface area contributed by atoms with E-state index in [0.29, 0.717) is 6.04 Å². The molecule has 0 spiro atoms. The summed E-state index contributed by atoms with van der Waals surface area (Å²) in [5.41, 5.74) is 2.16. The molecule has 0 saturated heterocycles. The van der Waals surface area contributed by atoms with Crippen LogP contribution in [0, 0.1) is 11.3 Å². The lowest BCUT2D eigenvalue weighted by Gasteiger charge is -2.38. The highest BCUT2D eigenvalue weighted by Gasteiger charge is 2.38. The Labute approximate surface area is 115 Å². The van der Waals surface area contributed by atoms with Gasteiger partial charge in [0, 0.05) is 6.04 Å². The zero-order valence-electron chi connectivity index (χ0n) is 11.5. The van der Waals surface area contributed by atoms with Crippen LogP contribution in [-0.4, -0.2) is 6.04 Å². The molecule has 0 radical (unpaired) electrons. The summed E-state index contributed by atoms with van der Waals surface area (Å²) in [7, 11) is 0. The number of fused-ring (bicyclic) bond motifs is 1. The molecule has 1 aromatic rings. The molecule has 100 valence electrons. The zero-order chi connectivity index (χ0) is 13.1. The van der Waals surface area contributed by atoms with Crippen molar-refractivity contribution < 1.29 is 0 Å². The second-order valence-electron chi connectivity index (χ2n) is 6.01. The molecule has 2 aliphatic rings. The molecule has 3 rings (SSSR count). The second kappa shape index (κ2) is 5.35. The predicted molar refractivity (Wildman–Crippen MR) is 76.7 cm³/mol. The van der Waals surface area contributed by atoms with Gasteiger partial charge in [-0.25, -0.2) is 0 Å². The van der Waals surface area contributed by atoms with Gasteiger partial charge in [-0.3, -0.25) is 5.32 Å². The first-order valence-electron chi connectivity index (χ1n) is 7.61. The van der Waals surface area contributed by atoms with Gasteiger partial charge in [0.2, 0.25) is 0 Å². The Morgan fingerprint density at radius 1 is 1.11 bits per heavy atom. The van der Waals surface area contributed by atoms with Gasteiger partial charge in [0.1, 0.15) is 5.54 Å². The van der Waals surface area contributed by atoms with E-state index in [4.69, 9.17) is 0 Å². The largest absolute Gasteiger partial charge is 0.293 e. The van der Waals surface area contributed by atoms with Crippen LogP contribution in [-0.2, 0) is 12.0 Å². The van der Waals surface area contributed by atoms with E-state index in [-0.39, 0.29) is 0 Å². The summed E-state index contributed by atoms with van der Waals surface area (Å²) in [6.45, 7) is 0. The molecule has 0 bridgehead atoms. The topological polar surface area (TPSA) is 35.8 Å². The third-order valence-corrected chi connectivity index (χ3v) is 4.72. The Kier molecular flexibility index (Phi) is 3.57. The first-order chi connectivity index (χ1) is 9.34. The number of rotatable bonds is 2.